The lowest BCUT2D eigenvalue weighted by atomic mass is 9.70. The zero-order valence-corrected chi connectivity index (χ0v) is 27.9. The Morgan fingerprint density at radius 1 is 1.13 bits per heavy atom. The highest BCUT2D eigenvalue weighted by Crippen LogP contribution is 2.47. The third-order valence-corrected chi connectivity index (χ3v) is 11.5. The highest BCUT2D eigenvalue weighted by molar-refractivity contribution is 6.20. The van der Waals surface area contributed by atoms with Gasteiger partial charge in [0, 0.05) is 49.1 Å². The Morgan fingerprint density at radius 3 is 2.64 bits per heavy atom. The van der Waals surface area contributed by atoms with E-state index in [1.54, 1.807) is 13.2 Å². The van der Waals surface area contributed by atoms with Gasteiger partial charge in [0.15, 0.2) is 0 Å². The van der Waals surface area contributed by atoms with Crippen molar-refractivity contribution in [1.29, 1.82) is 0 Å². The van der Waals surface area contributed by atoms with Crippen LogP contribution in [0.15, 0.2) is 23.0 Å². The van der Waals surface area contributed by atoms with Gasteiger partial charge in [0.05, 0.1) is 42.3 Å². The maximum Gasteiger partial charge on any atom is 0.337 e. The van der Waals surface area contributed by atoms with Crippen molar-refractivity contribution >= 4 is 23.3 Å². The van der Waals surface area contributed by atoms with Crippen molar-refractivity contribution in [3.05, 3.63) is 56.8 Å². The van der Waals surface area contributed by atoms with Crippen molar-refractivity contribution in [3.63, 3.8) is 0 Å². The van der Waals surface area contributed by atoms with Crippen molar-refractivity contribution in [2.75, 3.05) is 32.1 Å². The predicted molar refractivity (Wildman–Crippen MR) is 176 cm³/mol. The third kappa shape index (κ3) is 6.55. The molecule has 1 aromatic heterocycles. The van der Waals surface area contributed by atoms with Gasteiger partial charge >= 0.3 is 5.97 Å². The number of fused-ring (bicyclic) bond motifs is 2. The maximum absolute atomic E-state index is 14.0. The maximum atomic E-state index is 14.0. The van der Waals surface area contributed by atoms with Gasteiger partial charge in [-0.1, -0.05) is 19.1 Å². The van der Waals surface area contributed by atoms with Crippen LogP contribution in [0.5, 0.6) is 0 Å². The van der Waals surface area contributed by atoms with E-state index in [2.05, 4.69) is 30.1 Å². The van der Waals surface area contributed by atoms with E-state index < -0.39 is 5.97 Å². The molecule has 2 fully saturated rings. The molecule has 0 spiro atoms. The van der Waals surface area contributed by atoms with E-state index in [0.29, 0.717) is 30.9 Å². The molecule has 1 saturated carbocycles. The monoisotopic (exact) mass is 640 g/mol. The molecule has 0 radical (unpaired) electrons. The van der Waals surface area contributed by atoms with Crippen LogP contribution in [-0.2, 0) is 22.4 Å². The Balaban J connectivity index is 1.18. The fraction of sp³-hybridized carbons (Fsp3) is 0.686. The number of carboxylic acids is 1. The Labute approximate surface area is 271 Å². The minimum Gasteiger partial charge on any atom is -0.478 e. The van der Waals surface area contributed by atoms with Gasteiger partial charge in [-0.2, -0.15) is 0 Å². The molecule has 2 aliphatic heterocycles. The first-order valence-electron chi connectivity index (χ1n) is 16.9. The lowest BCUT2D eigenvalue weighted by Gasteiger charge is -2.43. The van der Waals surface area contributed by atoms with Gasteiger partial charge in [0.25, 0.3) is 5.56 Å². The topological polar surface area (TPSA) is 106 Å². The van der Waals surface area contributed by atoms with Crippen LogP contribution in [0.3, 0.4) is 0 Å². The smallest absolute Gasteiger partial charge is 0.337 e. The number of carbonyl (C=O) groups is 1. The molecular weight excluding hydrogens is 592 g/mol. The zero-order chi connectivity index (χ0) is 31.8. The van der Waals surface area contributed by atoms with Crippen LogP contribution in [0.25, 0.3) is 0 Å². The van der Waals surface area contributed by atoms with Crippen LogP contribution >= 0.6 is 11.6 Å². The van der Waals surface area contributed by atoms with E-state index in [1.807, 2.05) is 17.6 Å². The molecule has 2 aliphatic carbocycles. The van der Waals surface area contributed by atoms with E-state index in [4.69, 9.17) is 26.1 Å². The average Bonchev–Trinajstić information content (AvgIpc) is 3.02. The summed E-state index contributed by atoms with van der Waals surface area (Å²) in [7, 11) is 1.80. The molecule has 2 aromatic rings. The number of anilines is 1. The third-order valence-electron chi connectivity index (χ3n) is 11.1. The Kier molecular flexibility index (Phi) is 9.90. The summed E-state index contributed by atoms with van der Waals surface area (Å²) in [6.45, 7) is 9.13. The summed E-state index contributed by atoms with van der Waals surface area (Å²) in [5, 5.41) is 13.3. The standard InChI is InChI=1S/C35H49ClN4O5/c1-20-18-27(25-6-5-7-26(35(42)43)33(25)37-20)28-19-23(36)8-11-31(28)45-17-16-40-22(3)38-29-9-10-30(21(2)32(29)34(40)41)39-14-12-24(44-4)13-15-39/h5-7,20-21,23-24,27-28,30-31,37H,8-19H2,1-4H3,(H,42,43)/t20?,21-,23?,27?,28?,30-,31?/m1/s1. The molecule has 1 aromatic carbocycles. The first-order valence-corrected chi connectivity index (χ1v) is 17.3. The summed E-state index contributed by atoms with van der Waals surface area (Å²) in [6, 6.07) is 6.05. The second-order valence-electron chi connectivity index (χ2n) is 13.8. The molecule has 0 bridgehead atoms. The number of carboxylic acid groups (broad SMARTS) is 1. The number of aromatic nitrogens is 2. The van der Waals surface area contributed by atoms with Crippen LogP contribution in [-0.4, -0.2) is 82.0 Å². The quantitative estimate of drug-likeness (QED) is 0.362. The molecule has 0 amide bonds. The molecule has 3 heterocycles. The number of para-hydroxylation sites is 1. The number of rotatable bonds is 8. The van der Waals surface area contributed by atoms with Crippen molar-refractivity contribution in [2.24, 2.45) is 5.92 Å². The van der Waals surface area contributed by atoms with E-state index >= 15 is 0 Å². The molecule has 45 heavy (non-hydrogen) atoms. The highest BCUT2D eigenvalue weighted by Gasteiger charge is 2.41. The number of methoxy groups -OCH3 is 1. The summed E-state index contributed by atoms with van der Waals surface area (Å²) >= 11 is 6.75. The lowest BCUT2D eigenvalue weighted by Crippen LogP contribution is -2.48. The first kappa shape index (κ1) is 32.5. The molecule has 246 valence electrons. The van der Waals surface area contributed by atoms with Crippen LogP contribution < -0.4 is 10.9 Å². The van der Waals surface area contributed by atoms with Crippen molar-refractivity contribution in [3.8, 4) is 0 Å². The molecule has 7 atom stereocenters. The van der Waals surface area contributed by atoms with Crippen molar-refractivity contribution < 1.29 is 19.4 Å². The number of nitrogens with zero attached hydrogens (tertiary/aromatic N) is 3. The lowest BCUT2D eigenvalue weighted by molar-refractivity contribution is -0.0241. The van der Waals surface area contributed by atoms with Crippen LogP contribution in [0.1, 0.15) is 104 Å². The highest BCUT2D eigenvalue weighted by atomic mass is 35.5. The second kappa shape index (κ2) is 13.7. The van der Waals surface area contributed by atoms with Gasteiger partial charge in [-0.3, -0.25) is 14.3 Å². The summed E-state index contributed by atoms with van der Waals surface area (Å²) in [4.78, 5) is 33.5. The van der Waals surface area contributed by atoms with Gasteiger partial charge in [-0.05, 0) is 88.7 Å². The minimum absolute atomic E-state index is 0.0171. The normalized spacial score (nSPS) is 30.7. The van der Waals surface area contributed by atoms with Crippen molar-refractivity contribution in [1.82, 2.24) is 14.5 Å². The molecule has 1 saturated heterocycles. The number of aryl methyl sites for hydroxylation is 2. The summed E-state index contributed by atoms with van der Waals surface area (Å²) in [6.07, 6.45) is 7.70. The number of piperidine rings is 1. The molecule has 9 nitrogen and oxygen atoms in total. The number of nitrogens with one attached hydrogen (secondary N) is 1. The Bertz CT molecular complexity index is 1440. The van der Waals surface area contributed by atoms with Crippen LogP contribution in [0.2, 0.25) is 0 Å². The largest absolute Gasteiger partial charge is 0.478 e. The van der Waals surface area contributed by atoms with Gasteiger partial charge in [-0.15, -0.1) is 11.6 Å². The molecular formula is C35H49ClN4O5. The minimum atomic E-state index is -0.922. The summed E-state index contributed by atoms with van der Waals surface area (Å²) in [5.74, 6) is 0.258. The van der Waals surface area contributed by atoms with E-state index in [0.717, 1.165) is 92.8 Å². The van der Waals surface area contributed by atoms with Gasteiger partial charge < -0.3 is 19.9 Å². The number of benzene rings is 1. The number of halogens is 1. The van der Waals surface area contributed by atoms with Gasteiger partial charge in [0.1, 0.15) is 5.82 Å². The van der Waals surface area contributed by atoms with Crippen LogP contribution in [0, 0.1) is 12.8 Å². The zero-order valence-electron chi connectivity index (χ0n) is 27.1. The second-order valence-corrected chi connectivity index (χ2v) is 14.4. The predicted octanol–water partition coefficient (Wildman–Crippen LogP) is 5.56. The molecule has 6 rings (SSSR count). The number of aromatic carboxylic acids is 1. The summed E-state index contributed by atoms with van der Waals surface area (Å²) in [5.41, 5.74) is 3.99. The van der Waals surface area contributed by atoms with E-state index in [1.165, 1.54) is 0 Å². The SMILES string of the molecule is COC1CCN([C@@H]2CCc3nc(C)n(CCOC4CCC(Cl)CC4C4CC(C)Nc5c(C(=O)O)cccc54)c(=O)c3[C@@H]2C)CC1. The van der Waals surface area contributed by atoms with Gasteiger partial charge in [0.2, 0.25) is 0 Å². The van der Waals surface area contributed by atoms with E-state index in [-0.39, 0.29) is 40.8 Å². The molecule has 4 aliphatic rings. The molecule has 10 heteroatoms. The number of hydrogen-bond donors (Lipinski definition) is 2. The van der Waals surface area contributed by atoms with Crippen molar-refractivity contribution in [2.45, 2.75) is 120 Å². The Morgan fingerprint density at radius 2 is 1.91 bits per heavy atom. The average molecular weight is 641 g/mol. The van der Waals surface area contributed by atoms with E-state index in [9.17, 15) is 14.7 Å². The number of alkyl halides is 1. The first-order chi connectivity index (χ1) is 21.7. The fourth-order valence-electron chi connectivity index (χ4n) is 8.80. The number of hydrogen-bond acceptors (Lipinski definition) is 7. The van der Waals surface area contributed by atoms with Crippen LogP contribution in [0.4, 0.5) is 5.69 Å². The molecule has 5 unspecified atom stereocenters. The number of likely N-dealkylation sites (tertiary alicyclic amines) is 1. The Hall–Kier alpha value is -2.46. The summed E-state index contributed by atoms with van der Waals surface area (Å²) < 4.78 is 14.0. The van der Waals surface area contributed by atoms with Gasteiger partial charge in [-0.25, -0.2) is 9.78 Å². The molecule has 2 N–H and O–H groups in total. The fourth-order valence-corrected chi connectivity index (χ4v) is 9.13. The number of ether oxygens (including phenoxy) is 2.